The second-order valence-electron chi connectivity index (χ2n) is 6.29. The van der Waals surface area contributed by atoms with Crippen LogP contribution in [-0.4, -0.2) is 29.9 Å². The molecule has 3 heteroatoms. The highest BCUT2D eigenvalue weighted by atomic mass is 16.5. The zero-order valence-corrected chi connectivity index (χ0v) is 10.7. The zero-order chi connectivity index (χ0) is 12.6. The number of aliphatic hydroxyl groups excluding tert-OH is 1. The topological polar surface area (TPSA) is 41.5 Å². The molecule has 1 aromatic carbocycles. The summed E-state index contributed by atoms with van der Waals surface area (Å²) in [7, 11) is 0. The number of hydrogen-bond donors (Lipinski definition) is 2. The molecule has 2 aliphatic heterocycles. The van der Waals surface area contributed by atoms with Crippen molar-refractivity contribution in [1.29, 1.82) is 0 Å². The summed E-state index contributed by atoms with van der Waals surface area (Å²) in [5.41, 5.74) is 2.82. The molecule has 0 unspecified atom stereocenters. The third kappa shape index (κ3) is 1.04. The maximum Gasteiger partial charge on any atom is 0.138 e. The molecule has 2 heterocycles. The largest absolute Gasteiger partial charge is 0.486 e. The molecule has 4 aliphatic rings. The van der Waals surface area contributed by atoms with Crippen LogP contribution in [0.2, 0.25) is 0 Å². The number of piperidine rings is 1. The standard InChI is InChI=1S/C16H17NO2/c18-12-5-4-10-11-8-9-2-1-3-13-14(9)16(10,6-7-17-11)15(12)19-13/h1-5,10-12,15,17-18H,6-8H2/t10-,11+,12-,15-,16-/m1/s1. The van der Waals surface area contributed by atoms with E-state index in [2.05, 4.69) is 29.6 Å². The smallest absolute Gasteiger partial charge is 0.138 e. The van der Waals surface area contributed by atoms with Crippen LogP contribution in [0.3, 0.4) is 0 Å². The summed E-state index contributed by atoms with van der Waals surface area (Å²) < 4.78 is 6.16. The Balaban J connectivity index is 1.85. The van der Waals surface area contributed by atoms with Crippen LogP contribution < -0.4 is 10.1 Å². The molecular weight excluding hydrogens is 238 g/mol. The van der Waals surface area contributed by atoms with Gasteiger partial charge in [-0.25, -0.2) is 0 Å². The Bertz CT molecular complexity index is 596. The Morgan fingerprint density at radius 2 is 2.26 bits per heavy atom. The molecule has 1 aromatic rings. The molecule has 0 radical (unpaired) electrons. The summed E-state index contributed by atoms with van der Waals surface area (Å²) in [4.78, 5) is 0. The summed E-state index contributed by atoms with van der Waals surface area (Å²) in [6.07, 6.45) is 5.73. The van der Waals surface area contributed by atoms with Crippen LogP contribution in [-0.2, 0) is 11.8 Å². The summed E-state index contributed by atoms with van der Waals surface area (Å²) in [6, 6.07) is 6.87. The number of ether oxygens (including phenoxy) is 1. The molecular formula is C16H17NO2. The van der Waals surface area contributed by atoms with Crippen molar-refractivity contribution in [2.24, 2.45) is 5.92 Å². The van der Waals surface area contributed by atoms with E-state index in [4.69, 9.17) is 4.74 Å². The van der Waals surface area contributed by atoms with Crippen molar-refractivity contribution in [1.82, 2.24) is 5.32 Å². The van der Waals surface area contributed by atoms with E-state index < -0.39 is 6.10 Å². The highest BCUT2D eigenvalue weighted by molar-refractivity contribution is 5.56. The maximum absolute atomic E-state index is 10.4. The van der Waals surface area contributed by atoms with Crippen LogP contribution in [0.25, 0.3) is 0 Å². The molecule has 19 heavy (non-hydrogen) atoms. The first-order valence-corrected chi connectivity index (χ1v) is 7.19. The minimum Gasteiger partial charge on any atom is -0.486 e. The van der Waals surface area contributed by atoms with Crippen LogP contribution in [0.4, 0.5) is 0 Å². The quantitative estimate of drug-likeness (QED) is 0.683. The van der Waals surface area contributed by atoms with E-state index in [9.17, 15) is 5.11 Å². The van der Waals surface area contributed by atoms with Crippen molar-refractivity contribution in [3.05, 3.63) is 41.5 Å². The van der Waals surface area contributed by atoms with Gasteiger partial charge in [-0.1, -0.05) is 24.3 Å². The van der Waals surface area contributed by atoms with Crippen molar-refractivity contribution >= 4 is 0 Å². The van der Waals surface area contributed by atoms with Gasteiger partial charge in [-0.3, -0.25) is 0 Å². The van der Waals surface area contributed by atoms with Gasteiger partial charge in [0.2, 0.25) is 0 Å². The van der Waals surface area contributed by atoms with E-state index in [0.29, 0.717) is 12.0 Å². The molecule has 1 saturated heterocycles. The van der Waals surface area contributed by atoms with Crippen molar-refractivity contribution in [2.75, 3.05) is 6.54 Å². The second kappa shape index (κ2) is 3.22. The van der Waals surface area contributed by atoms with Crippen LogP contribution in [0.15, 0.2) is 30.4 Å². The molecule has 0 saturated carbocycles. The summed E-state index contributed by atoms with van der Waals surface area (Å²) in [6.45, 7) is 1.02. The number of hydrogen-bond acceptors (Lipinski definition) is 3. The predicted molar refractivity (Wildman–Crippen MR) is 71.3 cm³/mol. The van der Waals surface area contributed by atoms with Gasteiger partial charge in [-0.2, -0.15) is 0 Å². The summed E-state index contributed by atoms with van der Waals surface area (Å²) >= 11 is 0. The maximum atomic E-state index is 10.4. The minimum atomic E-state index is -0.478. The van der Waals surface area contributed by atoms with Crippen molar-refractivity contribution in [3.8, 4) is 5.75 Å². The van der Waals surface area contributed by atoms with E-state index in [1.54, 1.807) is 0 Å². The monoisotopic (exact) mass is 255 g/mol. The van der Waals surface area contributed by atoms with Gasteiger partial charge in [0.15, 0.2) is 0 Å². The van der Waals surface area contributed by atoms with Gasteiger partial charge >= 0.3 is 0 Å². The van der Waals surface area contributed by atoms with Crippen LogP contribution in [0.1, 0.15) is 17.5 Å². The fourth-order valence-electron chi connectivity index (χ4n) is 4.95. The Kier molecular flexibility index (Phi) is 1.77. The Labute approximate surface area is 112 Å². The highest BCUT2D eigenvalue weighted by Gasteiger charge is 2.62. The molecule has 98 valence electrons. The Hall–Kier alpha value is -1.32. The van der Waals surface area contributed by atoms with Crippen molar-refractivity contribution in [3.63, 3.8) is 0 Å². The van der Waals surface area contributed by atoms with Gasteiger partial charge in [-0.05, 0) is 31.0 Å². The number of nitrogens with one attached hydrogen (secondary N) is 1. The van der Waals surface area contributed by atoms with Gasteiger partial charge in [-0.15, -0.1) is 0 Å². The lowest BCUT2D eigenvalue weighted by Crippen LogP contribution is -2.64. The molecule has 0 amide bonds. The lowest BCUT2D eigenvalue weighted by Gasteiger charge is -2.53. The van der Waals surface area contributed by atoms with E-state index in [1.165, 1.54) is 11.1 Å². The third-order valence-electron chi connectivity index (χ3n) is 5.58. The molecule has 5 rings (SSSR count). The molecule has 1 fully saturated rings. The average molecular weight is 255 g/mol. The fourth-order valence-corrected chi connectivity index (χ4v) is 4.95. The van der Waals surface area contributed by atoms with Gasteiger partial charge in [0.05, 0.1) is 0 Å². The number of aliphatic hydroxyl groups is 1. The van der Waals surface area contributed by atoms with Gasteiger partial charge in [0.25, 0.3) is 0 Å². The van der Waals surface area contributed by atoms with Gasteiger partial charge < -0.3 is 15.2 Å². The van der Waals surface area contributed by atoms with Crippen molar-refractivity contribution in [2.45, 2.75) is 36.5 Å². The second-order valence-corrected chi connectivity index (χ2v) is 6.29. The predicted octanol–water partition coefficient (Wildman–Crippen LogP) is 1.15. The molecule has 2 bridgehead atoms. The first-order chi connectivity index (χ1) is 9.30. The third-order valence-corrected chi connectivity index (χ3v) is 5.58. The lowest BCUT2D eigenvalue weighted by atomic mass is 9.54. The summed E-state index contributed by atoms with van der Waals surface area (Å²) in [5, 5.41) is 14.0. The lowest BCUT2D eigenvalue weighted by molar-refractivity contribution is -0.0172. The first kappa shape index (κ1) is 10.5. The molecule has 1 spiro atoms. The Morgan fingerprint density at radius 1 is 1.32 bits per heavy atom. The molecule has 0 aromatic heterocycles. The Morgan fingerprint density at radius 3 is 3.21 bits per heavy atom. The molecule has 5 atom stereocenters. The average Bonchev–Trinajstić information content (AvgIpc) is 2.74. The fraction of sp³-hybridized carbons (Fsp3) is 0.500. The number of benzene rings is 1. The van der Waals surface area contributed by atoms with E-state index in [-0.39, 0.29) is 11.5 Å². The molecule has 2 N–H and O–H groups in total. The minimum absolute atomic E-state index is 0.00819. The zero-order valence-electron chi connectivity index (χ0n) is 10.7. The molecule has 3 nitrogen and oxygen atoms in total. The van der Waals surface area contributed by atoms with Crippen LogP contribution >= 0.6 is 0 Å². The van der Waals surface area contributed by atoms with Gasteiger partial charge in [0.1, 0.15) is 18.0 Å². The number of rotatable bonds is 0. The normalized spacial score (nSPS) is 44.7. The SMILES string of the molecule is O[C@@H]1C=C[C@@H]2[C@@H]3Cc4cccc5c4[C@]2(CCN3)[C@@H]1O5. The van der Waals surface area contributed by atoms with Crippen LogP contribution in [0, 0.1) is 5.92 Å². The first-order valence-electron chi connectivity index (χ1n) is 7.19. The van der Waals surface area contributed by atoms with E-state index in [0.717, 1.165) is 25.1 Å². The van der Waals surface area contributed by atoms with Gasteiger partial charge in [0, 0.05) is 22.9 Å². The van der Waals surface area contributed by atoms with Crippen LogP contribution in [0.5, 0.6) is 5.75 Å². The van der Waals surface area contributed by atoms with Crippen molar-refractivity contribution < 1.29 is 9.84 Å². The summed E-state index contributed by atoms with van der Waals surface area (Å²) in [5.74, 6) is 1.47. The van der Waals surface area contributed by atoms with E-state index in [1.807, 2.05) is 6.08 Å². The highest BCUT2D eigenvalue weighted by Crippen LogP contribution is 2.59. The molecule has 2 aliphatic carbocycles. The van der Waals surface area contributed by atoms with E-state index >= 15 is 0 Å².